The molecule has 0 amide bonds. The summed E-state index contributed by atoms with van der Waals surface area (Å²) in [6, 6.07) is 3.04. The number of aromatic nitrogens is 3. The van der Waals surface area contributed by atoms with Gasteiger partial charge < -0.3 is 4.74 Å². The van der Waals surface area contributed by atoms with Gasteiger partial charge in [0.05, 0.1) is 10.4 Å². The van der Waals surface area contributed by atoms with Crippen LogP contribution in [0.5, 0.6) is 0 Å². The van der Waals surface area contributed by atoms with Crippen molar-refractivity contribution in [3.8, 4) is 0 Å². The molecule has 2 rings (SSSR count). The Bertz CT molecular complexity index is 582. The van der Waals surface area contributed by atoms with Crippen LogP contribution in [0, 0.1) is 3.70 Å². The number of pyridine rings is 1. The molecule has 0 atom stereocenters. The lowest BCUT2D eigenvalue weighted by molar-refractivity contribution is 0.0810. The summed E-state index contributed by atoms with van der Waals surface area (Å²) in [6.07, 6.45) is 1.64. The van der Waals surface area contributed by atoms with Gasteiger partial charge in [-0.3, -0.25) is 0 Å². The average molecular weight is 410 g/mol. The van der Waals surface area contributed by atoms with E-state index in [1.54, 1.807) is 10.9 Å². The topological polar surface area (TPSA) is 39.9 Å². The van der Waals surface area contributed by atoms with E-state index in [0.29, 0.717) is 11.8 Å². The third-order valence-electron chi connectivity index (χ3n) is 2.72. The second kappa shape index (κ2) is 6.07. The summed E-state index contributed by atoms with van der Waals surface area (Å²) in [5, 5.41) is 6.04. The molecule has 0 N–H and O–H groups in total. The molecule has 0 aromatic carbocycles. The normalized spacial score (nSPS) is 12.3. The van der Waals surface area contributed by atoms with Crippen molar-refractivity contribution in [2.24, 2.45) is 0 Å². The van der Waals surface area contributed by atoms with Crippen LogP contribution in [0.2, 0.25) is 30.7 Å². The minimum absolute atomic E-state index is 0.443. The molecule has 19 heavy (non-hydrogen) atoms. The van der Waals surface area contributed by atoms with Gasteiger partial charge in [-0.1, -0.05) is 31.2 Å². The molecular formula is C12H17ClIN3OSi. The Morgan fingerprint density at radius 3 is 2.84 bits per heavy atom. The van der Waals surface area contributed by atoms with Crippen LogP contribution in [0.4, 0.5) is 0 Å². The molecule has 2 aromatic heterocycles. The second-order valence-electron chi connectivity index (χ2n) is 5.66. The summed E-state index contributed by atoms with van der Waals surface area (Å²) >= 11 is 8.14. The molecular weight excluding hydrogens is 393 g/mol. The maximum Gasteiger partial charge on any atom is 0.161 e. The quantitative estimate of drug-likeness (QED) is 0.426. The molecule has 0 saturated carbocycles. The lowest BCUT2D eigenvalue weighted by Gasteiger charge is -2.15. The molecule has 0 bridgehead atoms. The monoisotopic (exact) mass is 409 g/mol. The molecule has 0 radical (unpaired) electrons. The predicted octanol–water partition coefficient (Wildman–Crippen LogP) is 4.00. The Hall–Kier alpha value is -0.183. The van der Waals surface area contributed by atoms with Crippen molar-refractivity contribution in [1.29, 1.82) is 0 Å². The fourth-order valence-corrected chi connectivity index (χ4v) is 3.19. The maximum absolute atomic E-state index is 5.95. The molecule has 0 aliphatic rings. The minimum atomic E-state index is -1.04. The smallest absolute Gasteiger partial charge is 0.161 e. The summed E-state index contributed by atoms with van der Waals surface area (Å²) in [5.41, 5.74) is 0.821. The van der Waals surface area contributed by atoms with E-state index < -0.39 is 8.07 Å². The third-order valence-corrected chi connectivity index (χ3v) is 5.43. The molecule has 7 heteroatoms. The van der Waals surface area contributed by atoms with Gasteiger partial charge in [0, 0.05) is 20.9 Å². The van der Waals surface area contributed by atoms with Gasteiger partial charge in [-0.2, -0.15) is 5.10 Å². The van der Waals surface area contributed by atoms with E-state index in [1.807, 2.05) is 6.07 Å². The Balaban J connectivity index is 2.05. The largest absolute Gasteiger partial charge is 0.359 e. The van der Waals surface area contributed by atoms with E-state index >= 15 is 0 Å². The van der Waals surface area contributed by atoms with Crippen molar-refractivity contribution < 1.29 is 4.74 Å². The van der Waals surface area contributed by atoms with Gasteiger partial charge in [-0.15, -0.1) is 0 Å². The van der Waals surface area contributed by atoms with Crippen LogP contribution < -0.4 is 0 Å². The molecule has 0 fully saturated rings. The molecule has 2 heterocycles. The standard InChI is InChI=1S/C12H17ClIN3OSi/c1-19(2,3)5-4-18-8-17-12-10(11(14)16-17)6-9(13)7-15-12/h6-7H,4-5,8H2,1-3H3. The number of hydrogen-bond acceptors (Lipinski definition) is 3. The highest BCUT2D eigenvalue weighted by atomic mass is 127. The number of hydrogen-bond donors (Lipinski definition) is 0. The van der Waals surface area contributed by atoms with Gasteiger partial charge >= 0.3 is 0 Å². The minimum Gasteiger partial charge on any atom is -0.359 e. The lowest BCUT2D eigenvalue weighted by atomic mass is 10.4. The summed E-state index contributed by atoms with van der Waals surface area (Å²) in [7, 11) is -1.04. The van der Waals surface area contributed by atoms with Crippen LogP contribution in [-0.2, 0) is 11.5 Å². The second-order valence-corrected chi connectivity index (χ2v) is 12.7. The molecule has 0 unspecified atom stereocenters. The van der Waals surface area contributed by atoms with Crippen molar-refractivity contribution in [1.82, 2.24) is 14.8 Å². The van der Waals surface area contributed by atoms with E-state index in [-0.39, 0.29) is 0 Å². The molecule has 0 saturated heterocycles. The molecule has 2 aromatic rings. The van der Waals surface area contributed by atoms with Gasteiger partial charge in [0.1, 0.15) is 10.4 Å². The highest BCUT2D eigenvalue weighted by molar-refractivity contribution is 14.1. The molecule has 0 aliphatic heterocycles. The van der Waals surface area contributed by atoms with Gasteiger partial charge in [-0.05, 0) is 34.7 Å². The first-order valence-electron chi connectivity index (χ1n) is 6.12. The number of fused-ring (bicyclic) bond motifs is 1. The summed E-state index contributed by atoms with van der Waals surface area (Å²) in [6.45, 7) is 8.24. The SMILES string of the molecule is C[Si](C)(C)CCOCn1nc(I)c2cc(Cl)cnc21. The number of rotatable bonds is 5. The van der Waals surface area contributed by atoms with Gasteiger partial charge in [0.15, 0.2) is 5.65 Å². The van der Waals surface area contributed by atoms with Crippen LogP contribution in [0.15, 0.2) is 12.3 Å². The van der Waals surface area contributed by atoms with Crippen molar-refractivity contribution in [2.75, 3.05) is 6.61 Å². The molecule has 0 aliphatic carbocycles. The maximum atomic E-state index is 5.95. The predicted molar refractivity (Wildman–Crippen MR) is 89.4 cm³/mol. The zero-order valence-corrected chi connectivity index (χ0v) is 15.2. The fraction of sp³-hybridized carbons (Fsp3) is 0.500. The summed E-state index contributed by atoms with van der Waals surface area (Å²) < 4.78 is 8.40. The number of ether oxygens (including phenoxy) is 1. The average Bonchev–Trinajstić information content (AvgIpc) is 2.60. The van der Waals surface area contributed by atoms with Crippen LogP contribution in [0.25, 0.3) is 11.0 Å². The zero-order valence-electron chi connectivity index (χ0n) is 11.3. The van der Waals surface area contributed by atoms with Crippen molar-refractivity contribution in [3.05, 3.63) is 21.0 Å². The van der Waals surface area contributed by atoms with Crippen LogP contribution >= 0.6 is 34.2 Å². The van der Waals surface area contributed by atoms with E-state index in [0.717, 1.165) is 27.4 Å². The Morgan fingerprint density at radius 1 is 1.42 bits per heavy atom. The molecule has 104 valence electrons. The van der Waals surface area contributed by atoms with E-state index in [4.69, 9.17) is 16.3 Å². The molecule has 0 spiro atoms. The van der Waals surface area contributed by atoms with Crippen molar-refractivity contribution in [2.45, 2.75) is 32.4 Å². The first kappa shape index (κ1) is 15.2. The Labute approximate surface area is 132 Å². The lowest BCUT2D eigenvalue weighted by Crippen LogP contribution is -2.22. The van der Waals surface area contributed by atoms with E-state index in [2.05, 4.69) is 52.3 Å². The number of nitrogens with zero attached hydrogens (tertiary/aromatic N) is 3. The van der Waals surface area contributed by atoms with Gasteiger partial charge in [0.2, 0.25) is 0 Å². The van der Waals surface area contributed by atoms with E-state index in [9.17, 15) is 0 Å². The summed E-state index contributed by atoms with van der Waals surface area (Å²) in [5.74, 6) is 0. The molecule has 4 nitrogen and oxygen atoms in total. The zero-order chi connectivity index (χ0) is 14.0. The Kier molecular flexibility index (Phi) is 4.86. The first-order valence-corrected chi connectivity index (χ1v) is 11.3. The summed E-state index contributed by atoms with van der Waals surface area (Å²) in [4.78, 5) is 4.32. The van der Waals surface area contributed by atoms with Crippen LogP contribution in [0.3, 0.4) is 0 Å². The third kappa shape index (κ3) is 4.14. The van der Waals surface area contributed by atoms with Crippen molar-refractivity contribution >= 4 is 53.3 Å². The van der Waals surface area contributed by atoms with Crippen LogP contribution in [-0.4, -0.2) is 29.4 Å². The first-order chi connectivity index (χ1) is 8.87. The van der Waals surface area contributed by atoms with Crippen molar-refractivity contribution in [3.63, 3.8) is 0 Å². The highest BCUT2D eigenvalue weighted by Crippen LogP contribution is 2.21. The number of halogens is 2. The van der Waals surface area contributed by atoms with Gasteiger partial charge in [-0.25, -0.2) is 9.67 Å². The van der Waals surface area contributed by atoms with E-state index in [1.165, 1.54) is 0 Å². The van der Waals surface area contributed by atoms with Crippen LogP contribution in [0.1, 0.15) is 0 Å². The van der Waals surface area contributed by atoms with Gasteiger partial charge in [0.25, 0.3) is 0 Å². The Morgan fingerprint density at radius 2 is 2.16 bits per heavy atom. The highest BCUT2D eigenvalue weighted by Gasteiger charge is 2.13. The fourth-order valence-electron chi connectivity index (χ4n) is 1.62.